The Balaban J connectivity index is 2.91. The zero-order chi connectivity index (χ0) is 12.3. The van der Waals surface area contributed by atoms with Crippen LogP contribution in [0.3, 0.4) is 0 Å². The standard InChI is InChI=1S/C10H12ClNO2S2/c1-4-5-8(3)12-16(13,14)9-6-7(2)10(11)15-9/h1,6,8,12H,5H2,2-3H3. The molecule has 16 heavy (non-hydrogen) atoms. The fraction of sp³-hybridized carbons (Fsp3) is 0.400. The smallest absolute Gasteiger partial charge is 0.207 e. The van der Waals surface area contributed by atoms with E-state index in [-0.39, 0.29) is 10.3 Å². The van der Waals surface area contributed by atoms with E-state index >= 15 is 0 Å². The molecule has 1 rings (SSSR count). The molecule has 0 fully saturated rings. The van der Waals surface area contributed by atoms with Crippen LogP contribution < -0.4 is 4.72 Å². The second-order valence-electron chi connectivity index (χ2n) is 3.45. The summed E-state index contributed by atoms with van der Waals surface area (Å²) in [6, 6.07) is 1.27. The van der Waals surface area contributed by atoms with Crippen molar-refractivity contribution in [2.24, 2.45) is 0 Å². The van der Waals surface area contributed by atoms with E-state index in [1.165, 1.54) is 0 Å². The molecule has 3 nitrogen and oxygen atoms in total. The molecule has 0 saturated heterocycles. The van der Waals surface area contributed by atoms with Crippen molar-refractivity contribution in [1.29, 1.82) is 0 Å². The number of halogens is 1. The summed E-state index contributed by atoms with van der Waals surface area (Å²) in [5.41, 5.74) is 0.761. The molecule has 0 spiro atoms. The van der Waals surface area contributed by atoms with Crippen LogP contribution in [0, 0.1) is 19.3 Å². The summed E-state index contributed by atoms with van der Waals surface area (Å²) in [4.78, 5) is 0. The van der Waals surface area contributed by atoms with E-state index in [9.17, 15) is 8.42 Å². The van der Waals surface area contributed by atoms with Crippen LogP contribution in [0.1, 0.15) is 18.9 Å². The molecular formula is C10H12ClNO2S2. The van der Waals surface area contributed by atoms with E-state index in [1.807, 2.05) is 0 Å². The lowest BCUT2D eigenvalue weighted by Gasteiger charge is -2.09. The van der Waals surface area contributed by atoms with Gasteiger partial charge in [0.15, 0.2) is 0 Å². The minimum Gasteiger partial charge on any atom is -0.207 e. The Morgan fingerprint density at radius 1 is 1.69 bits per heavy atom. The molecular weight excluding hydrogens is 266 g/mol. The minimum atomic E-state index is -3.49. The number of nitrogens with one attached hydrogen (secondary N) is 1. The third-order valence-electron chi connectivity index (χ3n) is 1.88. The van der Waals surface area contributed by atoms with Crippen LogP contribution in [-0.4, -0.2) is 14.5 Å². The topological polar surface area (TPSA) is 46.2 Å². The fourth-order valence-corrected chi connectivity index (χ4v) is 4.07. The summed E-state index contributed by atoms with van der Waals surface area (Å²) >= 11 is 6.87. The molecule has 1 N–H and O–H groups in total. The quantitative estimate of drug-likeness (QED) is 0.859. The number of hydrogen-bond donors (Lipinski definition) is 1. The van der Waals surface area contributed by atoms with E-state index < -0.39 is 10.0 Å². The lowest BCUT2D eigenvalue weighted by atomic mass is 10.3. The van der Waals surface area contributed by atoms with Crippen molar-refractivity contribution in [3.8, 4) is 12.3 Å². The molecule has 0 amide bonds. The van der Waals surface area contributed by atoms with Gasteiger partial charge in [-0.2, -0.15) is 0 Å². The van der Waals surface area contributed by atoms with E-state index in [2.05, 4.69) is 10.6 Å². The maximum Gasteiger partial charge on any atom is 0.250 e. The van der Waals surface area contributed by atoms with Crippen LogP contribution in [-0.2, 0) is 10.0 Å². The lowest BCUT2D eigenvalue weighted by molar-refractivity contribution is 0.565. The second-order valence-corrected chi connectivity index (χ2v) is 7.05. The van der Waals surface area contributed by atoms with Crippen LogP contribution in [0.25, 0.3) is 0 Å². The highest BCUT2D eigenvalue weighted by molar-refractivity contribution is 7.91. The minimum absolute atomic E-state index is 0.221. The predicted octanol–water partition coefficient (Wildman–Crippen LogP) is 2.40. The van der Waals surface area contributed by atoms with Crippen molar-refractivity contribution in [3.63, 3.8) is 0 Å². The number of thiophene rings is 1. The summed E-state index contributed by atoms with van der Waals surface area (Å²) in [5.74, 6) is 2.41. The van der Waals surface area contributed by atoms with Gasteiger partial charge in [-0.3, -0.25) is 0 Å². The first kappa shape index (κ1) is 13.5. The molecule has 0 bridgehead atoms. The molecule has 1 aromatic heterocycles. The Hall–Kier alpha value is -0.540. The van der Waals surface area contributed by atoms with Crippen molar-refractivity contribution < 1.29 is 8.42 Å². The molecule has 1 atom stereocenters. The molecule has 0 aliphatic heterocycles. The fourth-order valence-electron chi connectivity index (χ4n) is 1.11. The molecule has 88 valence electrons. The molecule has 0 saturated carbocycles. The normalized spacial score (nSPS) is 13.4. The first-order valence-corrected chi connectivity index (χ1v) is 7.26. The first-order valence-electron chi connectivity index (χ1n) is 4.58. The molecule has 0 radical (unpaired) electrons. The summed E-state index contributed by atoms with van der Waals surface area (Å²) < 4.78 is 26.9. The largest absolute Gasteiger partial charge is 0.250 e. The van der Waals surface area contributed by atoms with Gasteiger partial charge in [0.05, 0.1) is 4.34 Å². The van der Waals surface area contributed by atoms with Crippen molar-refractivity contribution in [2.75, 3.05) is 0 Å². The average molecular weight is 278 g/mol. The lowest BCUT2D eigenvalue weighted by Crippen LogP contribution is -2.31. The van der Waals surface area contributed by atoms with Crippen molar-refractivity contribution in [1.82, 2.24) is 4.72 Å². The molecule has 0 aromatic carbocycles. The number of terminal acetylenes is 1. The monoisotopic (exact) mass is 277 g/mol. The van der Waals surface area contributed by atoms with Gasteiger partial charge in [-0.1, -0.05) is 11.6 Å². The van der Waals surface area contributed by atoms with E-state index in [1.54, 1.807) is 19.9 Å². The van der Waals surface area contributed by atoms with Crippen molar-refractivity contribution in [3.05, 3.63) is 16.0 Å². The zero-order valence-corrected chi connectivity index (χ0v) is 11.3. The number of rotatable bonds is 4. The van der Waals surface area contributed by atoms with Crippen LogP contribution in [0.2, 0.25) is 4.34 Å². The van der Waals surface area contributed by atoms with Gasteiger partial charge in [0, 0.05) is 12.5 Å². The van der Waals surface area contributed by atoms with Gasteiger partial charge in [-0.25, -0.2) is 13.1 Å². The van der Waals surface area contributed by atoms with Gasteiger partial charge in [0.25, 0.3) is 0 Å². The van der Waals surface area contributed by atoms with Crippen molar-refractivity contribution in [2.45, 2.75) is 30.5 Å². The Morgan fingerprint density at radius 3 is 2.75 bits per heavy atom. The SMILES string of the molecule is C#CCC(C)NS(=O)(=O)c1cc(C)c(Cl)s1. The highest BCUT2D eigenvalue weighted by Gasteiger charge is 2.20. The molecule has 6 heteroatoms. The van der Waals surface area contributed by atoms with Gasteiger partial charge in [-0.05, 0) is 25.5 Å². The Bertz CT molecular complexity index is 494. The van der Waals surface area contributed by atoms with E-state index in [4.69, 9.17) is 18.0 Å². The Morgan fingerprint density at radius 2 is 2.31 bits per heavy atom. The molecule has 1 aromatic rings. The van der Waals surface area contributed by atoms with Crippen molar-refractivity contribution >= 4 is 33.0 Å². The van der Waals surface area contributed by atoms with Gasteiger partial charge in [0.1, 0.15) is 4.21 Å². The summed E-state index contributed by atoms with van der Waals surface area (Å²) in [5, 5.41) is 0. The number of aryl methyl sites for hydroxylation is 1. The van der Waals surface area contributed by atoms with Crippen LogP contribution in [0.5, 0.6) is 0 Å². The third-order valence-corrected chi connectivity index (χ3v) is 5.50. The molecule has 0 aliphatic carbocycles. The Labute approximate surface area is 105 Å². The number of sulfonamides is 1. The Kier molecular flexibility index (Phi) is 4.39. The molecule has 0 aliphatic rings. The maximum atomic E-state index is 11.9. The van der Waals surface area contributed by atoms with Gasteiger partial charge in [-0.15, -0.1) is 23.7 Å². The van der Waals surface area contributed by atoms with Crippen LogP contribution >= 0.6 is 22.9 Å². The molecule has 1 unspecified atom stereocenters. The van der Waals surface area contributed by atoms with Gasteiger partial charge >= 0.3 is 0 Å². The second kappa shape index (κ2) is 5.19. The van der Waals surface area contributed by atoms with E-state index in [0.29, 0.717) is 10.8 Å². The summed E-state index contributed by atoms with van der Waals surface area (Å²) in [7, 11) is -3.49. The highest BCUT2D eigenvalue weighted by Crippen LogP contribution is 2.30. The van der Waals surface area contributed by atoms with E-state index in [0.717, 1.165) is 16.9 Å². The molecule has 1 heterocycles. The highest BCUT2D eigenvalue weighted by atomic mass is 35.5. The number of hydrogen-bond acceptors (Lipinski definition) is 3. The van der Waals surface area contributed by atoms with Crippen LogP contribution in [0.15, 0.2) is 10.3 Å². The average Bonchev–Trinajstić information content (AvgIpc) is 2.47. The van der Waals surface area contributed by atoms with Crippen LogP contribution in [0.4, 0.5) is 0 Å². The third kappa shape index (κ3) is 3.22. The van der Waals surface area contributed by atoms with Gasteiger partial charge in [0.2, 0.25) is 10.0 Å². The summed E-state index contributed by atoms with van der Waals surface area (Å²) in [6.07, 6.45) is 5.47. The first-order chi connectivity index (χ1) is 7.36. The summed E-state index contributed by atoms with van der Waals surface area (Å²) in [6.45, 7) is 3.49. The predicted molar refractivity (Wildman–Crippen MR) is 67.3 cm³/mol. The maximum absolute atomic E-state index is 11.9. The van der Waals surface area contributed by atoms with Gasteiger partial charge < -0.3 is 0 Å². The zero-order valence-electron chi connectivity index (χ0n) is 8.95.